The predicted octanol–water partition coefficient (Wildman–Crippen LogP) is 1.21. The Morgan fingerprint density at radius 2 is 2.19 bits per heavy atom. The van der Waals surface area contributed by atoms with E-state index in [1.807, 2.05) is 0 Å². The zero-order valence-corrected chi connectivity index (χ0v) is 12.0. The first-order valence-corrected chi connectivity index (χ1v) is 7.04. The topological polar surface area (TPSA) is 97.6 Å². The van der Waals surface area contributed by atoms with Crippen molar-refractivity contribution in [3.8, 4) is 0 Å². The monoisotopic (exact) mass is 292 g/mol. The first kappa shape index (κ1) is 15.1. The van der Waals surface area contributed by atoms with E-state index in [9.17, 15) is 9.59 Å². The standard InChI is InChI=1S/C14H20N4O3/c1-2-21-14(20)18-7-4-10(5-8-18)17-11-3-6-16-12(9-11)13(15)19/h3,6,9-10H,2,4-5,7-8H2,1H3,(H2,15,19)(H,16,17). The third kappa shape index (κ3) is 4.08. The summed E-state index contributed by atoms with van der Waals surface area (Å²) in [6.07, 6.45) is 2.95. The lowest BCUT2D eigenvalue weighted by Gasteiger charge is -2.32. The van der Waals surface area contributed by atoms with Gasteiger partial charge in [0.2, 0.25) is 0 Å². The highest BCUT2D eigenvalue weighted by atomic mass is 16.6. The molecule has 7 nitrogen and oxygen atoms in total. The predicted molar refractivity (Wildman–Crippen MR) is 78.0 cm³/mol. The van der Waals surface area contributed by atoms with E-state index in [1.54, 1.807) is 30.2 Å². The highest BCUT2D eigenvalue weighted by Crippen LogP contribution is 2.17. The van der Waals surface area contributed by atoms with Gasteiger partial charge in [0.25, 0.3) is 5.91 Å². The lowest BCUT2D eigenvalue weighted by molar-refractivity contribution is 0.0978. The molecule has 1 aromatic heterocycles. The van der Waals surface area contributed by atoms with Crippen LogP contribution in [0.15, 0.2) is 18.3 Å². The number of primary amides is 1. The molecule has 7 heteroatoms. The van der Waals surface area contributed by atoms with Gasteiger partial charge in [0.05, 0.1) is 6.61 Å². The van der Waals surface area contributed by atoms with Gasteiger partial charge in [0, 0.05) is 31.0 Å². The second-order valence-corrected chi connectivity index (χ2v) is 4.90. The van der Waals surface area contributed by atoms with E-state index in [0.717, 1.165) is 18.5 Å². The fourth-order valence-corrected chi connectivity index (χ4v) is 2.31. The minimum atomic E-state index is -0.546. The zero-order chi connectivity index (χ0) is 15.2. The Hall–Kier alpha value is -2.31. The summed E-state index contributed by atoms with van der Waals surface area (Å²) < 4.78 is 4.98. The van der Waals surface area contributed by atoms with E-state index in [-0.39, 0.29) is 17.8 Å². The number of hydrogen-bond donors (Lipinski definition) is 2. The highest BCUT2D eigenvalue weighted by Gasteiger charge is 2.23. The van der Waals surface area contributed by atoms with Crippen LogP contribution in [0.1, 0.15) is 30.3 Å². The number of nitrogens with one attached hydrogen (secondary N) is 1. The lowest BCUT2D eigenvalue weighted by Crippen LogP contribution is -2.42. The van der Waals surface area contributed by atoms with E-state index in [2.05, 4.69) is 10.3 Å². The Morgan fingerprint density at radius 3 is 2.81 bits per heavy atom. The molecule has 114 valence electrons. The maximum atomic E-state index is 11.6. The Kier molecular flexibility index (Phi) is 4.97. The number of nitrogens with two attached hydrogens (primary N) is 1. The van der Waals surface area contributed by atoms with Crippen LogP contribution in [0, 0.1) is 0 Å². The van der Waals surface area contributed by atoms with Gasteiger partial charge in [-0.3, -0.25) is 9.78 Å². The minimum absolute atomic E-state index is 0.240. The van der Waals surface area contributed by atoms with Crippen molar-refractivity contribution in [3.63, 3.8) is 0 Å². The highest BCUT2D eigenvalue weighted by molar-refractivity contribution is 5.91. The summed E-state index contributed by atoms with van der Waals surface area (Å²) in [6.45, 7) is 3.50. The van der Waals surface area contributed by atoms with E-state index in [1.165, 1.54) is 0 Å². The van der Waals surface area contributed by atoms with Gasteiger partial charge in [-0.1, -0.05) is 0 Å². The number of carbonyl (C=O) groups is 2. The molecule has 0 aromatic carbocycles. The summed E-state index contributed by atoms with van der Waals surface area (Å²) in [6, 6.07) is 3.68. The summed E-state index contributed by atoms with van der Waals surface area (Å²) in [5, 5.41) is 3.34. The van der Waals surface area contributed by atoms with Crippen molar-refractivity contribution in [1.29, 1.82) is 0 Å². The van der Waals surface area contributed by atoms with Gasteiger partial charge in [-0.15, -0.1) is 0 Å². The van der Waals surface area contributed by atoms with Gasteiger partial charge in [-0.05, 0) is 31.9 Å². The number of ether oxygens (including phenoxy) is 1. The van der Waals surface area contributed by atoms with Crippen LogP contribution in [0.25, 0.3) is 0 Å². The molecule has 2 heterocycles. The summed E-state index contributed by atoms with van der Waals surface area (Å²) >= 11 is 0. The molecule has 1 saturated heterocycles. The number of anilines is 1. The fourth-order valence-electron chi connectivity index (χ4n) is 2.31. The molecule has 1 aliphatic rings. The molecule has 21 heavy (non-hydrogen) atoms. The lowest BCUT2D eigenvalue weighted by atomic mass is 10.1. The normalized spacial score (nSPS) is 15.6. The van der Waals surface area contributed by atoms with E-state index < -0.39 is 5.91 Å². The number of nitrogens with zero attached hydrogens (tertiary/aromatic N) is 2. The number of hydrogen-bond acceptors (Lipinski definition) is 5. The third-order valence-corrected chi connectivity index (χ3v) is 3.40. The van der Waals surface area contributed by atoms with Crippen molar-refractivity contribution in [3.05, 3.63) is 24.0 Å². The average molecular weight is 292 g/mol. The molecule has 2 amide bonds. The molecule has 3 N–H and O–H groups in total. The van der Waals surface area contributed by atoms with Crippen LogP contribution in [0.4, 0.5) is 10.5 Å². The van der Waals surface area contributed by atoms with Gasteiger partial charge in [0.15, 0.2) is 0 Å². The van der Waals surface area contributed by atoms with E-state index >= 15 is 0 Å². The second-order valence-electron chi connectivity index (χ2n) is 4.90. The van der Waals surface area contributed by atoms with Crippen molar-refractivity contribution in [1.82, 2.24) is 9.88 Å². The van der Waals surface area contributed by atoms with Gasteiger partial charge >= 0.3 is 6.09 Å². The molecule has 0 atom stereocenters. The van der Waals surface area contributed by atoms with Crippen molar-refractivity contribution in [2.75, 3.05) is 25.0 Å². The molecular formula is C14H20N4O3. The van der Waals surface area contributed by atoms with Crippen LogP contribution in [-0.2, 0) is 4.74 Å². The van der Waals surface area contributed by atoms with Crippen molar-refractivity contribution < 1.29 is 14.3 Å². The molecule has 0 spiro atoms. The maximum Gasteiger partial charge on any atom is 0.409 e. The Bertz CT molecular complexity index is 513. The van der Waals surface area contributed by atoms with Crippen LogP contribution >= 0.6 is 0 Å². The Labute approximate surface area is 123 Å². The quantitative estimate of drug-likeness (QED) is 0.869. The van der Waals surface area contributed by atoms with Crippen molar-refractivity contribution in [2.24, 2.45) is 5.73 Å². The number of aromatic nitrogens is 1. The molecule has 0 saturated carbocycles. The van der Waals surface area contributed by atoms with Crippen LogP contribution in [-0.4, -0.2) is 47.6 Å². The molecular weight excluding hydrogens is 272 g/mol. The Balaban J connectivity index is 1.87. The van der Waals surface area contributed by atoms with Crippen LogP contribution in [0.5, 0.6) is 0 Å². The number of piperidine rings is 1. The summed E-state index contributed by atoms with van der Waals surface area (Å²) in [5.41, 5.74) is 6.26. The zero-order valence-electron chi connectivity index (χ0n) is 12.0. The summed E-state index contributed by atoms with van der Waals surface area (Å²) in [5.74, 6) is -0.546. The van der Waals surface area contributed by atoms with Gasteiger partial charge in [-0.25, -0.2) is 4.79 Å². The molecule has 0 unspecified atom stereocenters. The first-order valence-electron chi connectivity index (χ1n) is 7.04. The molecule has 1 aromatic rings. The minimum Gasteiger partial charge on any atom is -0.450 e. The number of pyridine rings is 1. The Morgan fingerprint density at radius 1 is 1.48 bits per heavy atom. The fraction of sp³-hybridized carbons (Fsp3) is 0.500. The second kappa shape index (κ2) is 6.92. The van der Waals surface area contributed by atoms with E-state index in [0.29, 0.717) is 19.7 Å². The molecule has 1 fully saturated rings. The number of amides is 2. The van der Waals surface area contributed by atoms with Crippen LogP contribution in [0.3, 0.4) is 0 Å². The molecule has 0 radical (unpaired) electrons. The van der Waals surface area contributed by atoms with Crippen molar-refractivity contribution >= 4 is 17.7 Å². The summed E-state index contributed by atoms with van der Waals surface area (Å²) in [7, 11) is 0. The van der Waals surface area contributed by atoms with Gasteiger partial charge < -0.3 is 20.7 Å². The number of carbonyl (C=O) groups excluding carboxylic acids is 2. The smallest absolute Gasteiger partial charge is 0.409 e. The molecule has 1 aliphatic heterocycles. The summed E-state index contributed by atoms with van der Waals surface area (Å²) in [4.78, 5) is 28.3. The molecule has 0 aliphatic carbocycles. The van der Waals surface area contributed by atoms with Gasteiger partial charge in [0.1, 0.15) is 5.69 Å². The average Bonchev–Trinajstić information content (AvgIpc) is 2.48. The van der Waals surface area contributed by atoms with E-state index in [4.69, 9.17) is 10.5 Å². The van der Waals surface area contributed by atoms with Crippen LogP contribution < -0.4 is 11.1 Å². The molecule has 0 bridgehead atoms. The maximum absolute atomic E-state index is 11.6. The largest absolute Gasteiger partial charge is 0.450 e. The molecule has 2 rings (SSSR count). The van der Waals surface area contributed by atoms with Gasteiger partial charge in [-0.2, -0.15) is 0 Å². The third-order valence-electron chi connectivity index (χ3n) is 3.40. The number of rotatable bonds is 4. The van der Waals surface area contributed by atoms with Crippen LogP contribution in [0.2, 0.25) is 0 Å². The number of likely N-dealkylation sites (tertiary alicyclic amines) is 1. The van der Waals surface area contributed by atoms with Crippen molar-refractivity contribution in [2.45, 2.75) is 25.8 Å². The SMILES string of the molecule is CCOC(=O)N1CCC(Nc2ccnc(C(N)=O)c2)CC1. The first-order chi connectivity index (χ1) is 10.1.